The summed E-state index contributed by atoms with van der Waals surface area (Å²) in [5, 5.41) is 5.22. The van der Waals surface area contributed by atoms with Crippen molar-refractivity contribution in [2.75, 3.05) is 19.2 Å². The van der Waals surface area contributed by atoms with E-state index in [9.17, 15) is 4.79 Å². The van der Waals surface area contributed by atoms with Gasteiger partial charge in [0.15, 0.2) is 0 Å². The normalized spacial score (nSPS) is 9.80. The second-order valence-corrected chi connectivity index (χ2v) is 3.90. The van der Waals surface area contributed by atoms with Gasteiger partial charge in [0.1, 0.15) is 6.73 Å². The van der Waals surface area contributed by atoms with E-state index in [2.05, 4.69) is 26.6 Å². The first kappa shape index (κ1) is 12.0. The van der Waals surface area contributed by atoms with E-state index in [0.717, 1.165) is 15.7 Å². The van der Waals surface area contributed by atoms with E-state index in [1.54, 1.807) is 0 Å². The van der Waals surface area contributed by atoms with Gasteiger partial charge in [-0.25, -0.2) is 4.79 Å². The summed E-state index contributed by atoms with van der Waals surface area (Å²) in [6.07, 6.45) is 0. The standard InChI is InChI=1S/C10H13BrN2O2/c1-7-3-4-9(8(11)5-7)13-10(14)12-6-15-2/h3-5H,6H2,1-2H3,(H2,12,13,14). The Balaban J connectivity index is 2.60. The van der Waals surface area contributed by atoms with Gasteiger partial charge in [0.05, 0.1) is 5.69 Å². The maximum Gasteiger partial charge on any atom is 0.321 e. The summed E-state index contributed by atoms with van der Waals surface area (Å²) in [4.78, 5) is 11.3. The number of urea groups is 1. The third-order valence-electron chi connectivity index (χ3n) is 1.75. The van der Waals surface area contributed by atoms with Crippen LogP contribution in [0, 0.1) is 6.92 Å². The number of rotatable bonds is 3. The van der Waals surface area contributed by atoms with Crippen LogP contribution < -0.4 is 10.6 Å². The van der Waals surface area contributed by atoms with Crippen LogP contribution in [-0.2, 0) is 4.74 Å². The Kier molecular flexibility index (Phi) is 4.58. The number of ether oxygens (including phenoxy) is 1. The molecule has 0 bridgehead atoms. The molecule has 0 aliphatic carbocycles. The molecule has 0 unspecified atom stereocenters. The van der Waals surface area contributed by atoms with Gasteiger partial charge in [-0.1, -0.05) is 6.07 Å². The van der Waals surface area contributed by atoms with Crippen molar-refractivity contribution in [3.63, 3.8) is 0 Å². The number of carbonyl (C=O) groups is 1. The van der Waals surface area contributed by atoms with E-state index in [1.807, 2.05) is 25.1 Å². The van der Waals surface area contributed by atoms with Gasteiger partial charge < -0.3 is 15.4 Å². The molecule has 0 saturated heterocycles. The van der Waals surface area contributed by atoms with Crippen LogP contribution in [-0.4, -0.2) is 19.9 Å². The predicted molar refractivity (Wildman–Crippen MR) is 62.9 cm³/mol. The fourth-order valence-corrected chi connectivity index (χ4v) is 1.62. The number of aryl methyl sites for hydroxylation is 1. The topological polar surface area (TPSA) is 50.4 Å². The molecule has 5 heteroatoms. The summed E-state index contributed by atoms with van der Waals surface area (Å²) < 4.78 is 5.57. The summed E-state index contributed by atoms with van der Waals surface area (Å²) in [7, 11) is 1.52. The van der Waals surface area contributed by atoms with Gasteiger partial charge in [0.25, 0.3) is 0 Å². The van der Waals surface area contributed by atoms with E-state index in [0.29, 0.717) is 0 Å². The second-order valence-electron chi connectivity index (χ2n) is 3.05. The first-order valence-corrected chi connectivity index (χ1v) is 5.22. The average Bonchev–Trinajstić information content (AvgIpc) is 2.19. The van der Waals surface area contributed by atoms with Crippen LogP contribution in [0.5, 0.6) is 0 Å². The van der Waals surface area contributed by atoms with Gasteiger partial charge in [0.2, 0.25) is 0 Å². The fourth-order valence-electron chi connectivity index (χ4n) is 1.03. The van der Waals surface area contributed by atoms with Crippen LogP contribution in [0.15, 0.2) is 22.7 Å². The van der Waals surface area contributed by atoms with Crippen LogP contribution >= 0.6 is 15.9 Å². The van der Waals surface area contributed by atoms with Crippen molar-refractivity contribution >= 4 is 27.6 Å². The minimum Gasteiger partial charge on any atom is -0.364 e. The van der Waals surface area contributed by atoms with Gasteiger partial charge in [0, 0.05) is 11.6 Å². The van der Waals surface area contributed by atoms with Crippen molar-refractivity contribution in [3.05, 3.63) is 28.2 Å². The quantitative estimate of drug-likeness (QED) is 0.831. The maximum absolute atomic E-state index is 11.3. The molecule has 0 fully saturated rings. The van der Waals surface area contributed by atoms with Crippen molar-refractivity contribution in [1.29, 1.82) is 0 Å². The Morgan fingerprint density at radius 1 is 1.53 bits per heavy atom. The zero-order valence-corrected chi connectivity index (χ0v) is 10.2. The van der Waals surface area contributed by atoms with Crippen molar-refractivity contribution in [2.45, 2.75) is 6.92 Å². The Morgan fingerprint density at radius 3 is 2.87 bits per heavy atom. The molecule has 15 heavy (non-hydrogen) atoms. The lowest BCUT2D eigenvalue weighted by atomic mass is 10.2. The molecule has 0 aliphatic heterocycles. The number of nitrogens with one attached hydrogen (secondary N) is 2. The molecule has 4 nitrogen and oxygen atoms in total. The number of halogens is 1. The third-order valence-corrected chi connectivity index (χ3v) is 2.41. The van der Waals surface area contributed by atoms with Crippen molar-refractivity contribution in [1.82, 2.24) is 5.32 Å². The van der Waals surface area contributed by atoms with Crippen molar-refractivity contribution < 1.29 is 9.53 Å². The first-order chi connectivity index (χ1) is 7.13. The van der Waals surface area contributed by atoms with Gasteiger partial charge in [-0.3, -0.25) is 0 Å². The zero-order valence-electron chi connectivity index (χ0n) is 8.63. The van der Waals surface area contributed by atoms with Crippen LogP contribution in [0.1, 0.15) is 5.56 Å². The number of carbonyl (C=O) groups excluding carboxylic acids is 1. The zero-order chi connectivity index (χ0) is 11.3. The molecule has 0 atom stereocenters. The van der Waals surface area contributed by atoms with E-state index in [1.165, 1.54) is 7.11 Å². The molecule has 1 aromatic carbocycles. The molecule has 0 heterocycles. The summed E-state index contributed by atoms with van der Waals surface area (Å²) in [5.41, 5.74) is 1.86. The number of anilines is 1. The number of methoxy groups -OCH3 is 1. The molecule has 2 amide bonds. The summed E-state index contributed by atoms with van der Waals surface area (Å²) in [6.45, 7) is 2.18. The Morgan fingerprint density at radius 2 is 2.27 bits per heavy atom. The largest absolute Gasteiger partial charge is 0.364 e. The molecule has 2 N–H and O–H groups in total. The number of amides is 2. The fraction of sp³-hybridized carbons (Fsp3) is 0.300. The van der Waals surface area contributed by atoms with Crippen LogP contribution in [0.3, 0.4) is 0 Å². The van der Waals surface area contributed by atoms with E-state index in [-0.39, 0.29) is 12.8 Å². The number of hydrogen-bond acceptors (Lipinski definition) is 2. The minimum absolute atomic E-state index is 0.190. The summed E-state index contributed by atoms with van der Waals surface area (Å²) in [6, 6.07) is 5.41. The monoisotopic (exact) mass is 272 g/mol. The van der Waals surface area contributed by atoms with E-state index < -0.39 is 0 Å². The van der Waals surface area contributed by atoms with Crippen LogP contribution in [0.2, 0.25) is 0 Å². The van der Waals surface area contributed by atoms with E-state index >= 15 is 0 Å². The molecule has 1 rings (SSSR count). The molecule has 0 saturated carbocycles. The maximum atomic E-state index is 11.3. The SMILES string of the molecule is COCNC(=O)Nc1ccc(C)cc1Br. The molecule has 0 aliphatic rings. The highest BCUT2D eigenvalue weighted by Crippen LogP contribution is 2.22. The minimum atomic E-state index is -0.290. The highest BCUT2D eigenvalue weighted by Gasteiger charge is 2.03. The summed E-state index contributed by atoms with van der Waals surface area (Å²) in [5.74, 6) is 0. The van der Waals surface area contributed by atoms with Gasteiger partial charge in [-0.2, -0.15) is 0 Å². The number of benzene rings is 1. The molecule has 0 spiro atoms. The molecular weight excluding hydrogens is 260 g/mol. The first-order valence-electron chi connectivity index (χ1n) is 4.43. The highest BCUT2D eigenvalue weighted by molar-refractivity contribution is 9.10. The van der Waals surface area contributed by atoms with Gasteiger partial charge >= 0.3 is 6.03 Å². The third kappa shape index (κ3) is 3.89. The van der Waals surface area contributed by atoms with Gasteiger partial charge in [-0.15, -0.1) is 0 Å². The Bertz CT molecular complexity index is 355. The molecular formula is C10H13BrN2O2. The van der Waals surface area contributed by atoms with Crippen LogP contribution in [0.25, 0.3) is 0 Å². The molecule has 1 aromatic rings. The van der Waals surface area contributed by atoms with Gasteiger partial charge in [-0.05, 0) is 40.5 Å². The van der Waals surface area contributed by atoms with Crippen molar-refractivity contribution in [2.24, 2.45) is 0 Å². The lowest BCUT2D eigenvalue weighted by Gasteiger charge is -2.08. The smallest absolute Gasteiger partial charge is 0.321 e. The highest BCUT2D eigenvalue weighted by atomic mass is 79.9. The number of hydrogen-bond donors (Lipinski definition) is 2. The molecule has 0 aromatic heterocycles. The van der Waals surface area contributed by atoms with E-state index in [4.69, 9.17) is 4.74 Å². The average molecular weight is 273 g/mol. The predicted octanol–water partition coefficient (Wildman–Crippen LogP) is 2.48. The molecule has 82 valence electrons. The molecule has 0 radical (unpaired) electrons. The second kappa shape index (κ2) is 5.72. The van der Waals surface area contributed by atoms with Crippen molar-refractivity contribution in [3.8, 4) is 0 Å². The van der Waals surface area contributed by atoms with Crippen LogP contribution in [0.4, 0.5) is 10.5 Å². The lowest BCUT2D eigenvalue weighted by Crippen LogP contribution is -2.30. The summed E-state index contributed by atoms with van der Waals surface area (Å²) >= 11 is 3.37. The lowest BCUT2D eigenvalue weighted by molar-refractivity contribution is 0.177. The Labute approximate surface area is 97.1 Å². The Hall–Kier alpha value is -1.07.